The minimum absolute atomic E-state index is 0.228. The van der Waals surface area contributed by atoms with Gasteiger partial charge in [-0.15, -0.1) is 11.3 Å². The fourth-order valence-corrected chi connectivity index (χ4v) is 3.39. The molecule has 1 heterocycles. The first-order chi connectivity index (χ1) is 7.47. The average Bonchev–Trinajstić information content (AvgIpc) is 2.58. The van der Waals surface area contributed by atoms with Crippen molar-refractivity contribution in [2.24, 2.45) is 0 Å². The molecule has 1 atom stereocenters. The summed E-state index contributed by atoms with van der Waals surface area (Å²) in [6.45, 7) is 0. The largest absolute Gasteiger partial charge is 0.387 e. The van der Waals surface area contributed by atoms with Crippen molar-refractivity contribution in [3.05, 3.63) is 35.2 Å². The van der Waals surface area contributed by atoms with Gasteiger partial charge in [-0.05, 0) is 16.8 Å². The van der Waals surface area contributed by atoms with E-state index in [2.05, 4.69) is 0 Å². The van der Waals surface area contributed by atoms with Crippen LogP contribution in [-0.2, 0) is 9.84 Å². The molecule has 0 saturated heterocycles. The van der Waals surface area contributed by atoms with Gasteiger partial charge in [-0.2, -0.15) is 0 Å². The molecule has 0 spiro atoms. The van der Waals surface area contributed by atoms with Crippen LogP contribution in [-0.4, -0.2) is 25.5 Å². The molecule has 0 amide bonds. The molecule has 0 aliphatic heterocycles. The van der Waals surface area contributed by atoms with Crippen LogP contribution in [0.25, 0.3) is 10.1 Å². The van der Waals surface area contributed by atoms with E-state index in [0.717, 1.165) is 16.3 Å². The number of hydrogen-bond acceptors (Lipinski definition) is 4. The molecule has 0 radical (unpaired) electrons. The molecule has 0 saturated carbocycles. The van der Waals surface area contributed by atoms with Crippen LogP contribution in [0.15, 0.2) is 29.6 Å². The van der Waals surface area contributed by atoms with E-state index in [1.807, 2.05) is 29.6 Å². The van der Waals surface area contributed by atoms with Crippen molar-refractivity contribution in [2.45, 2.75) is 6.10 Å². The standard InChI is InChI=1S/C11H12O3S2/c1-16(13,14)7-10(12)9-6-15-11-5-3-2-4-8(9)11/h2-6,10,12H,7H2,1H3. The molecule has 2 rings (SSSR count). The first-order valence-electron chi connectivity index (χ1n) is 4.79. The van der Waals surface area contributed by atoms with Gasteiger partial charge in [0.15, 0.2) is 0 Å². The third-order valence-corrected chi connectivity index (χ3v) is 4.23. The highest BCUT2D eigenvalue weighted by Gasteiger charge is 2.17. The maximum Gasteiger partial charge on any atom is 0.150 e. The predicted molar refractivity (Wildman–Crippen MR) is 66.5 cm³/mol. The Morgan fingerprint density at radius 1 is 1.38 bits per heavy atom. The summed E-state index contributed by atoms with van der Waals surface area (Å²) in [5.41, 5.74) is 0.700. The van der Waals surface area contributed by atoms with Crippen LogP contribution in [0.4, 0.5) is 0 Å². The van der Waals surface area contributed by atoms with E-state index in [4.69, 9.17) is 0 Å². The van der Waals surface area contributed by atoms with Crippen molar-refractivity contribution in [1.82, 2.24) is 0 Å². The van der Waals surface area contributed by atoms with Crippen molar-refractivity contribution in [1.29, 1.82) is 0 Å². The van der Waals surface area contributed by atoms with Gasteiger partial charge < -0.3 is 5.11 Å². The maximum absolute atomic E-state index is 11.1. The summed E-state index contributed by atoms with van der Waals surface area (Å²) in [5, 5.41) is 12.6. The summed E-state index contributed by atoms with van der Waals surface area (Å²) in [7, 11) is -3.16. The van der Waals surface area contributed by atoms with Crippen molar-refractivity contribution < 1.29 is 13.5 Å². The second kappa shape index (κ2) is 4.16. The highest BCUT2D eigenvalue weighted by atomic mass is 32.2. The van der Waals surface area contributed by atoms with E-state index >= 15 is 0 Å². The third-order valence-electron chi connectivity index (χ3n) is 2.33. The van der Waals surface area contributed by atoms with Crippen LogP contribution in [0.5, 0.6) is 0 Å². The van der Waals surface area contributed by atoms with E-state index in [-0.39, 0.29) is 5.75 Å². The van der Waals surface area contributed by atoms with E-state index in [9.17, 15) is 13.5 Å². The number of aliphatic hydroxyl groups is 1. The third kappa shape index (κ3) is 2.42. The van der Waals surface area contributed by atoms with Crippen molar-refractivity contribution in [3.63, 3.8) is 0 Å². The molecule has 1 aromatic carbocycles. The number of fused-ring (bicyclic) bond motifs is 1. The van der Waals surface area contributed by atoms with E-state index in [0.29, 0.717) is 5.56 Å². The van der Waals surface area contributed by atoms with Crippen molar-refractivity contribution >= 4 is 31.3 Å². The van der Waals surface area contributed by atoms with Crippen LogP contribution >= 0.6 is 11.3 Å². The fourth-order valence-electron chi connectivity index (χ4n) is 1.63. The van der Waals surface area contributed by atoms with Gasteiger partial charge in [0.1, 0.15) is 9.84 Å². The molecular formula is C11H12O3S2. The number of benzene rings is 1. The summed E-state index contributed by atoms with van der Waals surface area (Å²) in [6, 6.07) is 7.65. The van der Waals surface area contributed by atoms with Gasteiger partial charge in [0.2, 0.25) is 0 Å². The number of rotatable bonds is 3. The second-order valence-electron chi connectivity index (χ2n) is 3.80. The molecule has 0 fully saturated rings. The normalized spacial score (nSPS) is 14.1. The van der Waals surface area contributed by atoms with Gasteiger partial charge in [0.25, 0.3) is 0 Å². The van der Waals surface area contributed by atoms with Crippen LogP contribution in [0.1, 0.15) is 11.7 Å². The van der Waals surface area contributed by atoms with Crippen molar-refractivity contribution in [2.75, 3.05) is 12.0 Å². The predicted octanol–water partition coefficient (Wildman–Crippen LogP) is 1.98. The topological polar surface area (TPSA) is 54.4 Å². The monoisotopic (exact) mass is 256 g/mol. The zero-order valence-corrected chi connectivity index (χ0v) is 10.4. The fraction of sp³-hybridized carbons (Fsp3) is 0.273. The molecule has 1 N–H and O–H groups in total. The quantitative estimate of drug-likeness (QED) is 0.913. The number of thiophene rings is 1. The molecule has 0 aliphatic carbocycles. The number of hydrogen-bond donors (Lipinski definition) is 1. The smallest absolute Gasteiger partial charge is 0.150 e. The summed E-state index contributed by atoms with van der Waals surface area (Å²) < 4.78 is 23.3. The lowest BCUT2D eigenvalue weighted by Crippen LogP contribution is -2.12. The van der Waals surface area contributed by atoms with E-state index < -0.39 is 15.9 Å². The van der Waals surface area contributed by atoms with Crippen LogP contribution < -0.4 is 0 Å². The lowest BCUT2D eigenvalue weighted by atomic mass is 10.1. The lowest BCUT2D eigenvalue weighted by molar-refractivity contribution is 0.204. The SMILES string of the molecule is CS(=O)(=O)CC(O)c1csc2ccccc12. The molecule has 86 valence electrons. The highest BCUT2D eigenvalue weighted by molar-refractivity contribution is 7.90. The average molecular weight is 256 g/mol. The lowest BCUT2D eigenvalue weighted by Gasteiger charge is -2.07. The van der Waals surface area contributed by atoms with Gasteiger partial charge in [-0.25, -0.2) is 8.42 Å². The van der Waals surface area contributed by atoms with Crippen molar-refractivity contribution in [3.8, 4) is 0 Å². The Morgan fingerprint density at radius 3 is 2.75 bits per heavy atom. The molecule has 2 aromatic rings. The second-order valence-corrected chi connectivity index (χ2v) is 6.89. The summed E-state index contributed by atoms with van der Waals surface area (Å²) in [6.07, 6.45) is 0.191. The minimum Gasteiger partial charge on any atom is -0.387 e. The molecular weight excluding hydrogens is 244 g/mol. The van der Waals surface area contributed by atoms with Gasteiger partial charge >= 0.3 is 0 Å². The van der Waals surface area contributed by atoms with E-state index in [1.165, 1.54) is 11.3 Å². The van der Waals surface area contributed by atoms with Gasteiger partial charge in [-0.3, -0.25) is 0 Å². The first-order valence-corrected chi connectivity index (χ1v) is 7.73. The maximum atomic E-state index is 11.1. The molecule has 16 heavy (non-hydrogen) atoms. The molecule has 1 unspecified atom stereocenters. The van der Waals surface area contributed by atoms with Gasteiger partial charge in [-0.1, -0.05) is 18.2 Å². The Balaban J connectivity index is 2.40. The Morgan fingerprint density at radius 2 is 2.06 bits per heavy atom. The molecule has 1 aromatic heterocycles. The van der Waals surface area contributed by atoms with Crippen LogP contribution in [0.3, 0.4) is 0 Å². The molecule has 5 heteroatoms. The summed E-state index contributed by atoms with van der Waals surface area (Å²) in [4.78, 5) is 0. The first kappa shape index (κ1) is 11.6. The molecule has 3 nitrogen and oxygen atoms in total. The van der Waals surface area contributed by atoms with E-state index in [1.54, 1.807) is 0 Å². The van der Waals surface area contributed by atoms with Crippen LogP contribution in [0, 0.1) is 0 Å². The summed E-state index contributed by atoms with van der Waals surface area (Å²) in [5.74, 6) is -0.228. The zero-order valence-electron chi connectivity index (χ0n) is 8.75. The molecule has 0 aliphatic rings. The number of sulfone groups is 1. The Bertz CT molecular complexity index is 598. The van der Waals surface area contributed by atoms with Gasteiger partial charge in [0, 0.05) is 16.5 Å². The highest BCUT2D eigenvalue weighted by Crippen LogP contribution is 2.30. The Hall–Kier alpha value is -0.910. The number of aliphatic hydroxyl groups excluding tert-OH is 1. The zero-order chi connectivity index (χ0) is 11.8. The Labute approximate surface area is 98.3 Å². The minimum atomic E-state index is -3.16. The Kier molecular flexibility index (Phi) is 3.01. The molecule has 0 bridgehead atoms. The summed E-state index contributed by atoms with van der Waals surface area (Å²) >= 11 is 1.51. The van der Waals surface area contributed by atoms with Crippen LogP contribution in [0.2, 0.25) is 0 Å². The van der Waals surface area contributed by atoms with Gasteiger partial charge in [0.05, 0.1) is 11.9 Å².